The molecule has 0 aliphatic carbocycles. The van der Waals surface area contributed by atoms with Crippen LogP contribution in [0.25, 0.3) is 0 Å². The number of phenols is 1. The zero-order chi connectivity index (χ0) is 10.9. The lowest BCUT2D eigenvalue weighted by atomic mass is 9.81. The maximum Gasteiger partial charge on any atom is 0.115 e. The van der Waals surface area contributed by atoms with E-state index in [2.05, 4.69) is 19.2 Å². The Hall–Kier alpha value is -1.02. The normalized spacial score (nSPS) is 25.1. The molecular formula is C13H19NO. The van der Waals surface area contributed by atoms with Crippen molar-refractivity contribution in [3.05, 3.63) is 29.8 Å². The van der Waals surface area contributed by atoms with Crippen LogP contribution in [0.15, 0.2) is 24.3 Å². The van der Waals surface area contributed by atoms with Crippen molar-refractivity contribution in [3.63, 3.8) is 0 Å². The van der Waals surface area contributed by atoms with Gasteiger partial charge in [0.05, 0.1) is 0 Å². The second kappa shape index (κ2) is 3.86. The lowest BCUT2D eigenvalue weighted by Gasteiger charge is -2.36. The average Bonchev–Trinajstić information content (AvgIpc) is 2.17. The Labute approximate surface area is 91.3 Å². The lowest BCUT2D eigenvalue weighted by molar-refractivity contribution is 0.275. The van der Waals surface area contributed by atoms with Crippen molar-refractivity contribution in [2.45, 2.75) is 38.1 Å². The van der Waals surface area contributed by atoms with Crippen molar-refractivity contribution < 1.29 is 5.11 Å². The standard InChI is InChI=1S/C13H19NO/c1-13(2)9-11(7-8-14-13)10-3-5-12(15)6-4-10/h3-6,11,14-15H,7-9H2,1-2H3. The number of hydrogen-bond donors (Lipinski definition) is 2. The molecule has 1 aliphatic rings. The van der Waals surface area contributed by atoms with E-state index in [1.807, 2.05) is 12.1 Å². The van der Waals surface area contributed by atoms with Gasteiger partial charge in [0.15, 0.2) is 0 Å². The Morgan fingerprint density at radius 1 is 1.27 bits per heavy atom. The first kappa shape index (κ1) is 10.5. The first-order valence-electron chi connectivity index (χ1n) is 5.61. The second-order valence-electron chi connectivity index (χ2n) is 5.09. The molecule has 0 amide bonds. The molecule has 1 fully saturated rings. The Bertz CT molecular complexity index is 329. The highest BCUT2D eigenvalue weighted by Crippen LogP contribution is 2.32. The molecule has 0 aromatic heterocycles. The van der Waals surface area contributed by atoms with Crippen molar-refractivity contribution in [2.75, 3.05) is 6.54 Å². The number of benzene rings is 1. The minimum Gasteiger partial charge on any atom is -0.508 e. The van der Waals surface area contributed by atoms with Crippen LogP contribution in [0.3, 0.4) is 0 Å². The number of rotatable bonds is 1. The van der Waals surface area contributed by atoms with E-state index in [9.17, 15) is 5.11 Å². The van der Waals surface area contributed by atoms with E-state index in [1.165, 1.54) is 12.0 Å². The molecule has 0 saturated carbocycles. The van der Waals surface area contributed by atoms with Crippen LogP contribution in [0, 0.1) is 0 Å². The quantitative estimate of drug-likeness (QED) is 0.738. The average molecular weight is 205 g/mol. The molecule has 2 heteroatoms. The Kier molecular flexibility index (Phi) is 2.70. The minimum absolute atomic E-state index is 0.237. The third kappa shape index (κ3) is 2.51. The van der Waals surface area contributed by atoms with Gasteiger partial charge in [0.2, 0.25) is 0 Å². The summed E-state index contributed by atoms with van der Waals surface area (Å²) in [5.41, 5.74) is 1.59. The molecule has 1 aromatic carbocycles. The van der Waals surface area contributed by atoms with Crippen molar-refractivity contribution in [3.8, 4) is 5.75 Å². The van der Waals surface area contributed by atoms with Crippen molar-refractivity contribution in [1.29, 1.82) is 0 Å². The molecule has 1 unspecified atom stereocenters. The van der Waals surface area contributed by atoms with E-state index in [0.29, 0.717) is 11.7 Å². The summed E-state index contributed by atoms with van der Waals surface area (Å²) in [7, 11) is 0. The van der Waals surface area contributed by atoms with E-state index < -0.39 is 0 Å². The van der Waals surface area contributed by atoms with Gasteiger partial charge in [-0.2, -0.15) is 0 Å². The predicted molar refractivity (Wildman–Crippen MR) is 62.2 cm³/mol. The van der Waals surface area contributed by atoms with Gasteiger partial charge in [-0.15, -0.1) is 0 Å². The SMILES string of the molecule is CC1(C)CC(c2ccc(O)cc2)CCN1. The zero-order valence-corrected chi connectivity index (χ0v) is 9.46. The van der Waals surface area contributed by atoms with Crippen LogP contribution in [-0.2, 0) is 0 Å². The fraction of sp³-hybridized carbons (Fsp3) is 0.538. The molecule has 2 rings (SSSR count). The first-order valence-corrected chi connectivity index (χ1v) is 5.61. The molecule has 1 atom stereocenters. The summed E-state index contributed by atoms with van der Waals surface area (Å²) < 4.78 is 0. The molecule has 0 bridgehead atoms. The van der Waals surface area contributed by atoms with Crippen molar-refractivity contribution in [1.82, 2.24) is 5.32 Å². The molecule has 1 saturated heterocycles. The van der Waals surface area contributed by atoms with E-state index >= 15 is 0 Å². The maximum atomic E-state index is 9.25. The zero-order valence-electron chi connectivity index (χ0n) is 9.46. The number of nitrogens with one attached hydrogen (secondary N) is 1. The highest BCUT2D eigenvalue weighted by atomic mass is 16.3. The Morgan fingerprint density at radius 2 is 1.93 bits per heavy atom. The fourth-order valence-corrected chi connectivity index (χ4v) is 2.41. The van der Waals surface area contributed by atoms with Crippen LogP contribution in [0.4, 0.5) is 0 Å². The molecule has 15 heavy (non-hydrogen) atoms. The summed E-state index contributed by atoms with van der Waals surface area (Å²) in [6.45, 7) is 5.58. The van der Waals surface area contributed by atoms with Crippen LogP contribution in [-0.4, -0.2) is 17.2 Å². The van der Waals surface area contributed by atoms with Gasteiger partial charge in [0.25, 0.3) is 0 Å². The molecular weight excluding hydrogens is 186 g/mol. The van der Waals surface area contributed by atoms with E-state index in [0.717, 1.165) is 13.0 Å². The predicted octanol–water partition coefficient (Wildman–Crippen LogP) is 2.64. The Morgan fingerprint density at radius 3 is 2.53 bits per heavy atom. The molecule has 2 nitrogen and oxygen atoms in total. The van der Waals surface area contributed by atoms with E-state index in [-0.39, 0.29) is 5.54 Å². The monoisotopic (exact) mass is 205 g/mol. The third-order valence-electron chi connectivity index (χ3n) is 3.22. The highest BCUT2D eigenvalue weighted by Gasteiger charge is 2.27. The van der Waals surface area contributed by atoms with Crippen LogP contribution in [0.1, 0.15) is 38.2 Å². The Balaban J connectivity index is 2.13. The topological polar surface area (TPSA) is 32.3 Å². The van der Waals surface area contributed by atoms with Gasteiger partial charge >= 0.3 is 0 Å². The van der Waals surface area contributed by atoms with Crippen LogP contribution in [0.5, 0.6) is 5.75 Å². The summed E-state index contributed by atoms with van der Waals surface area (Å²) in [5.74, 6) is 0.980. The number of piperidine rings is 1. The number of phenolic OH excluding ortho intramolecular Hbond substituents is 1. The molecule has 0 spiro atoms. The molecule has 1 aromatic rings. The van der Waals surface area contributed by atoms with Gasteiger partial charge in [-0.3, -0.25) is 0 Å². The van der Waals surface area contributed by atoms with Gasteiger partial charge in [-0.05, 0) is 56.8 Å². The molecule has 1 heterocycles. The summed E-state index contributed by atoms with van der Waals surface area (Å²) in [5, 5.41) is 12.8. The third-order valence-corrected chi connectivity index (χ3v) is 3.22. The fourth-order valence-electron chi connectivity index (χ4n) is 2.41. The smallest absolute Gasteiger partial charge is 0.115 e. The van der Waals surface area contributed by atoms with Gasteiger partial charge in [0.1, 0.15) is 5.75 Å². The number of aromatic hydroxyl groups is 1. The van der Waals surface area contributed by atoms with Gasteiger partial charge < -0.3 is 10.4 Å². The molecule has 2 N–H and O–H groups in total. The van der Waals surface area contributed by atoms with E-state index in [1.54, 1.807) is 12.1 Å². The summed E-state index contributed by atoms with van der Waals surface area (Å²) in [4.78, 5) is 0. The lowest BCUT2D eigenvalue weighted by Crippen LogP contribution is -2.45. The summed E-state index contributed by atoms with van der Waals surface area (Å²) in [6, 6.07) is 7.65. The van der Waals surface area contributed by atoms with Gasteiger partial charge in [-0.1, -0.05) is 12.1 Å². The van der Waals surface area contributed by atoms with Crippen LogP contribution < -0.4 is 5.32 Å². The minimum atomic E-state index is 0.237. The summed E-state index contributed by atoms with van der Waals surface area (Å²) >= 11 is 0. The number of hydrogen-bond acceptors (Lipinski definition) is 2. The maximum absolute atomic E-state index is 9.25. The second-order valence-corrected chi connectivity index (χ2v) is 5.09. The molecule has 0 radical (unpaired) electrons. The molecule has 82 valence electrons. The van der Waals surface area contributed by atoms with Crippen LogP contribution in [0.2, 0.25) is 0 Å². The first-order chi connectivity index (χ1) is 7.07. The van der Waals surface area contributed by atoms with Gasteiger partial charge in [0, 0.05) is 5.54 Å². The van der Waals surface area contributed by atoms with E-state index in [4.69, 9.17) is 0 Å². The van der Waals surface area contributed by atoms with Crippen molar-refractivity contribution >= 4 is 0 Å². The van der Waals surface area contributed by atoms with Crippen molar-refractivity contribution in [2.24, 2.45) is 0 Å². The largest absolute Gasteiger partial charge is 0.508 e. The highest BCUT2D eigenvalue weighted by molar-refractivity contribution is 5.29. The molecule has 1 aliphatic heterocycles. The van der Waals surface area contributed by atoms with Gasteiger partial charge in [-0.25, -0.2) is 0 Å². The summed E-state index contributed by atoms with van der Waals surface area (Å²) in [6.07, 6.45) is 2.35. The van der Waals surface area contributed by atoms with Crippen LogP contribution >= 0.6 is 0 Å².